The van der Waals surface area contributed by atoms with Crippen LogP contribution in [-0.2, 0) is 34.5 Å². The summed E-state index contributed by atoms with van der Waals surface area (Å²) in [7, 11) is 2.92. The molecule has 5 heterocycles. The predicted octanol–water partition coefficient (Wildman–Crippen LogP) is 0.751. The van der Waals surface area contributed by atoms with E-state index in [9.17, 15) is 24.0 Å². The molecule has 274 valence electrons. The minimum atomic E-state index is -0.634. The number of nitrogen functional groups attached to an aromatic ring is 1. The number of aryl methyl sites for hydroxylation is 2. The molecule has 3 amide bonds. The average molecular weight is 719 g/mol. The molecule has 0 aliphatic carbocycles. The van der Waals surface area contributed by atoms with Crippen molar-refractivity contribution in [3.8, 4) is 11.5 Å². The van der Waals surface area contributed by atoms with E-state index in [1.807, 2.05) is 6.92 Å². The number of benzene rings is 1. The van der Waals surface area contributed by atoms with Crippen LogP contribution in [0.25, 0.3) is 22.3 Å². The molecule has 1 aliphatic heterocycles. The van der Waals surface area contributed by atoms with E-state index in [4.69, 9.17) is 19.9 Å². The van der Waals surface area contributed by atoms with Gasteiger partial charge in [0.05, 0.1) is 13.4 Å². The number of nitrogens with one attached hydrogen (secondary N) is 3. The fourth-order valence-electron chi connectivity index (χ4n) is 6.00. The first-order chi connectivity index (χ1) is 25.0. The lowest BCUT2D eigenvalue weighted by molar-refractivity contribution is -0.133. The van der Waals surface area contributed by atoms with Crippen molar-refractivity contribution >= 4 is 57.5 Å². The molecule has 1 aliphatic rings. The highest BCUT2D eigenvalue weighted by atomic mass is 16.5. The van der Waals surface area contributed by atoms with E-state index in [0.717, 1.165) is 4.57 Å². The number of nitrogens with zero attached hydrogens (tertiary/aromatic N) is 8. The molecule has 0 radical (unpaired) electrons. The lowest BCUT2D eigenvalue weighted by Crippen LogP contribution is -2.39. The predicted molar refractivity (Wildman–Crippen MR) is 187 cm³/mol. The maximum absolute atomic E-state index is 13.3. The summed E-state index contributed by atoms with van der Waals surface area (Å²) >= 11 is 0. The summed E-state index contributed by atoms with van der Waals surface area (Å²) in [5.41, 5.74) is 6.25. The van der Waals surface area contributed by atoms with Crippen molar-refractivity contribution in [1.82, 2.24) is 43.5 Å². The zero-order chi connectivity index (χ0) is 37.3. The first kappa shape index (κ1) is 35.5. The molecule has 2 atom stereocenters. The lowest BCUT2D eigenvalue weighted by Gasteiger charge is -2.15. The summed E-state index contributed by atoms with van der Waals surface area (Å²) < 4.78 is 22.5. The second-order valence-corrected chi connectivity index (χ2v) is 11.7. The number of hydrogen-bond acceptors (Lipinski definition) is 13. The molecule has 5 aromatic rings. The number of likely N-dealkylation sites (N-methyl/N-ethyl adjacent to an activating group) is 1. The Bertz CT molecular complexity index is 2320. The third-order valence-corrected chi connectivity index (χ3v) is 8.51. The number of amides is 3. The van der Waals surface area contributed by atoms with Crippen LogP contribution in [0, 0.1) is 0 Å². The van der Waals surface area contributed by atoms with Crippen molar-refractivity contribution < 1.29 is 28.6 Å². The highest BCUT2D eigenvalue weighted by molar-refractivity contribution is 6.03. The summed E-state index contributed by atoms with van der Waals surface area (Å²) in [6.07, 6.45) is 1.44. The molecule has 1 fully saturated rings. The molecular weight excluding hydrogens is 680 g/mol. The van der Waals surface area contributed by atoms with Gasteiger partial charge in [-0.3, -0.25) is 38.2 Å². The second-order valence-electron chi connectivity index (χ2n) is 11.7. The van der Waals surface area contributed by atoms with E-state index in [-0.39, 0.29) is 59.3 Å². The quantitative estimate of drug-likeness (QED) is 0.139. The topological polar surface area (TPSA) is 246 Å². The molecule has 4 aromatic heterocycles. The van der Waals surface area contributed by atoms with E-state index >= 15 is 0 Å². The molecule has 52 heavy (non-hydrogen) atoms. The lowest BCUT2D eigenvalue weighted by atomic mass is 10.2. The van der Waals surface area contributed by atoms with E-state index in [2.05, 4.69) is 35.9 Å². The van der Waals surface area contributed by atoms with Crippen LogP contribution in [0.4, 0.5) is 17.5 Å². The Kier molecular flexibility index (Phi) is 9.91. The molecule has 5 N–H and O–H groups in total. The number of nitrogens with two attached hydrogens (primary N) is 1. The van der Waals surface area contributed by atoms with Gasteiger partial charge in [-0.25, -0.2) is 14.8 Å². The van der Waals surface area contributed by atoms with Gasteiger partial charge in [0.1, 0.15) is 17.8 Å². The van der Waals surface area contributed by atoms with Crippen molar-refractivity contribution in [1.29, 1.82) is 0 Å². The Labute approximate surface area is 294 Å². The van der Waals surface area contributed by atoms with Crippen LogP contribution in [-0.4, -0.2) is 82.3 Å². The zero-order valence-corrected chi connectivity index (χ0v) is 29.1. The van der Waals surface area contributed by atoms with Crippen molar-refractivity contribution in [2.45, 2.75) is 59.0 Å². The largest absolute Gasteiger partial charge is 0.493 e. The van der Waals surface area contributed by atoms with Gasteiger partial charge in [-0.05, 0) is 45.7 Å². The monoisotopic (exact) mass is 718 g/mol. The van der Waals surface area contributed by atoms with Crippen LogP contribution in [0.15, 0.2) is 34.1 Å². The molecule has 1 aromatic carbocycles. The van der Waals surface area contributed by atoms with Crippen LogP contribution >= 0.6 is 0 Å². The molecule has 2 unspecified atom stereocenters. The van der Waals surface area contributed by atoms with Crippen LogP contribution in [0.2, 0.25) is 0 Å². The maximum Gasteiger partial charge on any atom is 0.332 e. The molecule has 6 rings (SSSR count). The van der Waals surface area contributed by atoms with Gasteiger partial charge >= 0.3 is 5.69 Å². The summed E-state index contributed by atoms with van der Waals surface area (Å²) in [5, 5.41) is 8.04. The highest BCUT2D eigenvalue weighted by Gasteiger charge is 2.33. The van der Waals surface area contributed by atoms with Crippen molar-refractivity contribution in [2.24, 2.45) is 7.05 Å². The zero-order valence-electron chi connectivity index (χ0n) is 29.1. The van der Waals surface area contributed by atoms with Gasteiger partial charge in [-0.1, -0.05) is 0 Å². The molecule has 0 bridgehead atoms. The third-order valence-electron chi connectivity index (χ3n) is 8.51. The number of anilines is 3. The first-order valence-electron chi connectivity index (χ1n) is 16.5. The molecule has 0 spiro atoms. The molecule has 20 heteroatoms. The fourth-order valence-corrected chi connectivity index (χ4v) is 6.00. The number of ether oxygens (including phenoxy) is 3. The minimum absolute atomic E-state index is 0.0361. The summed E-state index contributed by atoms with van der Waals surface area (Å²) in [5.74, 6) is -1.17. The number of hydrogen-bond donors (Lipinski definition) is 4. The Morgan fingerprint density at radius 3 is 2.48 bits per heavy atom. The average Bonchev–Trinajstić information content (AvgIpc) is 3.86. The van der Waals surface area contributed by atoms with Gasteiger partial charge in [-0.2, -0.15) is 9.97 Å². The Hall–Kier alpha value is -6.31. The van der Waals surface area contributed by atoms with Crippen molar-refractivity contribution in [3.63, 3.8) is 0 Å². The normalized spacial score (nSPS) is 15.6. The highest BCUT2D eigenvalue weighted by Crippen LogP contribution is 2.32. The minimum Gasteiger partial charge on any atom is -0.493 e. The third kappa shape index (κ3) is 6.50. The number of methoxy groups -OCH3 is 1. The van der Waals surface area contributed by atoms with E-state index in [0.29, 0.717) is 36.2 Å². The van der Waals surface area contributed by atoms with Crippen LogP contribution in [0.1, 0.15) is 50.5 Å². The van der Waals surface area contributed by atoms with Crippen molar-refractivity contribution in [3.05, 3.63) is 51.2 Å². The first-order valence-corrected chi connectivity index (χ1v) is 16.5. The summed E-state index contributed by atoms with van der Waals surface area (Å²) in [4.78, 5) is 81.5. The number of imidazole rings is 2. The number of carbonyl (C=O) groups excluding carboxylic acids is 3. The number of fused-ring (bicyclic) bond motifs is 2. The Morgan fingerprint density at radius 1 is 1.00 bits per heavy atom. The second kappa shape index (κ2) is 14.5. The van der Waals surface area contributed by atoms with E-state index in [1.54, 1.807) is 18.4 Å². The van der Waals surface area contributed by atoms with E-state index in [1.165, 1.54) is 47.8 Å². The van der Waals surface area contributed by atoms with Gasteiger partial charge in [-0.15, -0.1) is 0 Å². The SMILES string of the molecule is CCNC(=O)C1CCC(n2cnc3c(N)nc(NC(=O)COc4ccc(NC(=O)c5nc6c(c(=O)n(CC)c(=O)n6CC)n5C)cc4OC)nc32)O1. The van der Waals surface area contributed by atoms with E-state index < -0.39 is 42.0 Å². The molecule has 1 saturated heterocycles. The molecular formula is C32H38N12O8. The van der Waals surface area contributed by atoms with Gasteiger partial charge < -0.3 is 35.1 Å². The standard InChI is InChI=1S/C32H38N12O8/c1-6-34-28(46)18-11-12-21(52-18)44-15-35-22-24(33)38-31(40-25(22)44)37-20(45)14-51-17-10-9-16(13-19(17)50-5)36-29(47)27-39-26-23(41(27)4)30(48)43(8-3)32(49)42(26)7-2/h9-10,13,15,18,21H,6-8,11-12,14H2,1-5H3,(H,34,46)(H,36,47)(H3,33,37,38,40,45). The molecule has 20 nitrogen and oxygen atoms in total. The van der Waals surface area contributed by atoms with Gasteiger partial charge in [0, 0.05) is 38.4 Å². The molecule has 0 saturated carbocycles. The van der Waals surface area contributed by atoms with Gasteiger partial charge in [0.25, 0.3) is 17.4 Å². The van der Waals surface area contributed by atoms with Crippen LogP contribution < -0.4 is 42.4 Å². The Morgan fingerprint density at radius 2 is 1.77 bits per heavy atom. The smallest absolute Gasteiger partial charge is 0.332 e. The fraction of sp³-hybridized carbons (Fsp3) is 0.406. The van der Waals surface area contributed by atoms with Crippen LogP contribution in [0.5, 0.6) is 11.5 Å². The number of carbonyl (C=O) groups is 3. The number of aromatic nitrogens is 8. The maximum atomic E-state index is 13.3. The van der Waals surface area contributed by atoms with Crippen LogP contribution in [0.3, 0.4) is 0 Å². The summed E-state index contributed by atoms with van der Waals surface area (Å²) in [6.45, 7) is 5.72. The summed E-state index contributed by atoms with van der Waals surface area (Å²) in [6, 6.07) is 4.52. The Balaban J connectivity index is 1.13. The van der Waals surface area contributed by atoms with Gasteiger partial charge in [0.2, 0.25) is 17.7 Å². The number of rotatable bonds is 12. The van der Waals surface area contributed by atoms with Gasteiger partial charge in [0.15, 0.2) is 40.7 Å². The van der Waals surface area contributed by atoms with Crippen molar-refractivity contribution in [2.75, 3.05) is 36.6 Å².